The normalized spacial score (nSPS) is 28.4. The number of aliphatic carboxylic acids is 1. The molecule has 2 N–H and O–H groups in total. The van der Waals surface area contributed by atoms with Crippen LogP contribution in [-0.2, 0) is 14.9 Å². The highest BCUT2D eigenvalue weighted by Crippen LogP contribution is 2.75. The largest absolute Gasteiger partial charge is 0.480 e. The van der Waals surface area contributed by atoms with E-state index in [-0.39, 0.29) is 11.2 Å². The summed E-state index contributed by atoms with van der Waals surface area (Å²) in [6.45, 7) is 7.00. The van der Waals surface area contributed by atoms with Crippen LogP contribution in [-0.4, -0.2) is 28.8 Å². The number of halogens is 1. The standard InChI is InChI=1S/C19H24FNO4/c1-11-5-6-12(13(20)7-11)18-8-19(9-18,10-18)14(15(22)23)21-16(24)25-17(2,3)4/h5-7,14H,8-10H2,1-4H3,(H,21,24)(H,22,23). The monoisotopic (exact) mass is 349 g/mol. The summed E-state index contributed by atoms with van der Waals surface area (Å²) in [6.07, 6.45) is 0.951. The van der Waals surface area contributed by atoms with E-state index in [2.05, 4.69) is 5.32 Å². The van der Waals surface area contributed by atoms with Crippen LogP contribution in [0.1, 0.15) is 51.2 Å². The molecule has 0 spiro atoms. The first-order valence-corrected chi connectivity index (χ1v) is 8.45. The molecule has 3 aliphatic carbocycles. The van der Waals surface area contributed by atoms with Gasteiger partial charge in [0.1, 0.15) is 17.5 Å². The van der Waals surface area contributed by atoms with Gasteiger partial charge >= 0.3 is 12.1 Å². The van der Waals surface area contributed by atoms with Crippen molar-refractivity contribution in [1.29, 1.82) is 0 Å². The molecular weight excluding hydrogens is 325 g/mol. The quantitative estimate of drug-likeness (QED) is 0.872. The van der Waals surface area contributed by atoms with Gasteiger partial charge in [0.05, 0.1) is 0 Å². The van der Waals surface area contributed by atoms with Crippen molar-refractivity contribution >= 4 is 12.1 Å². The molecule has 3 aliphatic rings. The minimum atomic E-state index is -1.08. The molecule has 3 saturated carbocycles. The predicted octanol–water partition coefficient (Wildman–Crippen LogP) is 3.53. The number of rotatable bonds is 4. The summed E-state index contributed by atoms with van der Waals surface area (Å²) >= 11 is 0. The molecule has 6 heteroatoms. The van der Waals surface area contributed by atoms with Crippen molar-refractivity contribution in [2.75, 3.05) is 0 Å². The van der Waals surface area contributed by atoms with E-state index in [4.69, 9.17) is 4.74 Å². The van der Waals surface area contributed by atoms with Gasteiger partial charge in [-0.3, -0.25) is 0 Å². The SMILES string of the molecule is Cc1ccc(C23CC(C(NC(=O)OC(C)(C)C)C(=O)O)(C2)C3)c(F)c1. The van der Waals surface area contributed by atoms with Gasteiger partial charge in [-0.15, -0.1) is 0 Å². The van der Waals surface area contributed by atoms with Gasteiger partial charge in [0.25, 0.3) is 0 Å². The summed E-state index contributed by atoms with van der Waals surface area (Å²) in [6, 6.07) is 4.16. The molecule has 0 radical (unpaired) electrons. The molecule has 1 atom stereocenters. The van der Waals surface area contributed by atoms with Crippen molar-refractivity contribution in [3.8, 4) is 0 Å². The number of hydrogen-bond acceptors (Lipinski definition) is 3. The number of benzene rings is 1. The van der Waals surface area contributed by atoms with E-state index in [1.54, 1.807) is 26.8 Å². The molecule has 3 fully saturated rings. The second-order valence-electron chi connectivity index (χ2n) is 8.57. The van der Waals surface area contributed by atoms with Crippen LogP contribution in [0.25, 0.3) is 0 Å². The zero-order valence-electron chi connectivity index (χ0n) is 15.0. The van der Waals surface area contributed by atoms with Gasteiger partial charge in [0.15, 0.2) is 0 Å². The van der Waals surface area contributed by atoms with E-state index in [1.807, 2.05) is 13.0 Å². The Kier molecular flexibility index (Phi) is 3.86. The lowest BCUT2D eigenvalue weighted by Gasteiger charge is -2.72. The van der Waals surface area contributed by atoms with Crippen LogP contribution in [0.5, 0.6) is 0 Å². The summed E-state index contributed by atoms with van der Waals surface area (Å²) in [7, 11) is 0. The molecular formula is C19H24FNO4. The van der Waals surface area contributed by atoms with Gasteiger partial charge in [-0.2, -0.15) is 0 Å². The van der Waals surface area contributed by atoms with Gasteiger partial charge in [0, 0.05) is 10.8 Å². The fourth-order valence-electron chi connectivity index (χ4n) is 4.41. The summed E-state index contributed by atoms with van der Waals surface area (Å²) in [4.78, 5) is 23.6. The number of carbonyl (C=O) groups is 2. The van der Waals surface area contributed by atoms with Crippen molar-refractivity contribution in [2.45, 2.75) is 64.0 Å². The average molecular weight is 349 g/mol. The van der Waals surface area contributed by atoms with Crippen molar-refractivity contribution in [1.82, 2.24) is 5.32 Å². The van der Waals surface area contributed by atoms with Crippen LogP contribution in [0.2, 0.25) is 0 Å². The van der Waals surface area contributed by atoms with Crippen LogP contribution in [0, 0.1) is 18.2 Å². The molecule has 4 rings (SSSR count). The average Bonchev–Trinajstić information content (AvgIpc) is 2.34. The van der Waals surface area contributed by atoms with Crippen molar-refractivity contribution in [3.05, 3.63) is 35.1 Å². The molecule has 0 saturated heterocycles. The number of carbonyl (C=O) groups excluding carboxylic acids is 1. The Bertz CT molecular complexity index is 718. The molecule has 5 nitrogen and oxygen atoms in total. The number of nitrogens with one attached hydrogen (secondary N) is 1. The molecule has 0 aliphatic heterocycles. The molecule has 1 aromatic rings. The Morgan fingerprint density at radius 3 is 2.36 bits per heavy atom. The molecule has 1 aromatic carbocycles. The van der Waals surface area contributed by atoms with Gasteiger partial charge in [-0.1, -0.05) is 12.1 Å². The predicted molar refractivity (Wildman–Crippen MR) is 89.9 cm³/mol. The first-order chi connectivity index (χ1) is 11.5. The maximum atomic E-state index is 14.3. The first-order valence-electron chi connectivity index (χ1n) is 8.45. The number of alkyl carbamates (subject to hydrolysis) is 1. The maximum absolute atomic E-state index is 14.3. The number of amides is 1. The number of aryl methyl sites for hydroxylation is 1. The first kappa shape index (κ1) is 17.7. The van der Waals surface area contributed by atoms with E-state index >= 15 is 0 Å². The highest BCUT2D eigenvalue weighted by molar-refractivity contribution is 5.82. The Labute approximate surface area is 146 Å². The summed E-state index contributed by atoms with van der Waals surface area (Å²) in [5.41, 5.74) is 0.0129. The summed E-state index contributed by atoms with van der Waals surface area (Å²) in [5, 5.41) is 12.0. The van der Waals surface area contributed by atoms with Gasteiger partial charge in [-0.05, 0) is 64.2 Å². The van der Waals surface area contributed by atoms with Crippen molar-refractivity contribution in [3.63, 3.8) is 0 Å². The molecule has 1 unspecified atom stereocenters. The molecule has 136 valence electrons. The molecule has 0 heterocycles. The fraction of sp³-hybridized carbons (Fsp3) is 0.579. The maximum Gasteiger partial charge on any atom is 0.408 e. The Hall–Kier alpha value is -2.11. The van der Waals surface area contributed by atoms with Crippen LogP contribution in [0.3, 0.4) is 0 Å². The highest BCUT2D eigenvalue weighted by Gasteiger charge is 2.73. The van der Waals surface area contributed by atoms with Gasteiger partial charge < -0.3 is 15.2 Å². The second-order valence-corrected chi connectivity index (χ2v) is 8.57. The second kappa shape index (κ2) is 5.44. The highest BCUT2D eigenvalue weighted by atomic mass is 19.1. The zero-order chi connectivity index (χ0) is 18.6. The van der Waals surface area contributed by atoms with E-state index in [0.717, 1.165) is 5.56 Å². The number of hydrogen-bond donors (Lipinski definition) is 2. The lowest BCUT2D eigenvalue weighted by Crippen LogP contribution is -2.73. The molecule has 2 bridgehead atoms. The van der Waals surface area contributed by atoms with E-state index < -0.39 is 29.1 Å². The van der Waals surface area contributed by atoms with E-state index in [1.165, 1.54) is 6.07 Å². The van der Waals surface area contributed by atoms with Gasteiger partial charge in [0.2, 0.25) is 0 Å². The minimum Gasteiger partial charge on any atom is -0.480 e. The molecule has 0 aromatic heterocycles. The third kappa shape index (κ3) is 2.98. The van der Waals surface area contributed by atoms with E-state index in [0.29, 0.717) is 24.8 Å². The topological polar surface area (TPSA) is 75.6 Å². The third-order valence-corrected chi connectivity index (χ3v) is 5.29. The lowest BCUT2D eigenvalue weighted by atomic mass is 9.31. The minimum absolute atomic E-state index is 0.236. The van der Waals surface area contributed by atoms with E-state index in [9.17, 15) is 19.1 Å². The van der Waals surface area contributed by atoms with Gasteiger partial charge in [-0.25, -0.2) is 14.0 Å². The van der Waals surface area contributed by atoms with Crippen molar-refractivity contribution in [2.24, 2.45) is 5.41 Å². The van der Waals surface area contributed by atoms with Crippen molar-refractivity contribution < 1.29 is 23.8 Å². The number of ether oxygens (including phenoxy) is 1. The lowest BCUT2D eigenvalue weighted by molar-refractivity contribution is -0.184. The smallest absolute Gasteiger partial charge is 0.408 e. The van der Waals surface area contributed by atoms with Crippen LogP contribution in [0.15, 0.2) is 18.2 Å². The Morgan fingerprint density at radius 2 is 1.88 bits per heavy atom. The zero-order valence-corrected chi connectivity index (χ0v) is 15.0. The van der Waals surface area contributed by atoms with Crippen LogP contribution in [0.4, 0.5) is 9.18 Å². The fourth-order valence-corrected chi connectivity index (χ4v) is 4.41. The number of carboxylic acids is 1. The Balaban J connectivity index is 1.71. The Morgan fingerprint density at radius 1 is 1.28 bits per heavy atom. The van der Waals surface area contributed by atoms with Crippen LogP contribution < -0.4 is 5.32 Å². The molecule has 25 heavy (non-hydrogen) atoms. The summed E-state index contributed by atoms with van der Waals surface area (Å²) in [5.74, 6) is -1.32. The van der Waals surface area contributed by atoms with Crippen LogP contribution >= 0.6 is 0 Å². The number of carboxylic acid groups (broad SMARTS) is 1. The summed E-state index contributed by atoms with van der Waals surface area (Å²) < 4.78 is 19.4. The molecule has 1 amide bonds. The third-order valence-electron chi connectivity index (χ3n) is 5.29.